The van der Waals surface area contributed by atoms with Gasteiger partial charge < -0.3 is 9.84 Å². The maximum atomic E-state index is 11.5. The van der Waals surface area contributed by atoms with E-state index in [1.54, 1.807) is 6.08 Å². The number of ether oxygens (including phenoxy) is 1. The summed E-state index contributed by atoms with van der Waals surface area (Å²) in [7, 11) is 0. The standard InChI is InChI=1S/C12H14O4/c13-6-8-2-1-3-9(11(8)7-14)10-4-5-16-12(10)15/h2,4,6,9,11,14H,1,3,5,7H2/t9-,11-/m1/s1. The highest BCUT2D eigenvalue weighted by atomic mass is 16.5. The van der Waals surface area contributed by atoms with Gasteiger partial charge in [0.1, 0.15) is 12.9 Å². The Balaban J connectivity index is 2.24. The van der Waals surface area contributed by atoms with Crippen LogP contribution in [0, 0.1) is 11.8 Å². The minimum Gasteiger partial charge on any atom is -0.458 e. The molecule has 0 bridgehead atoms. The molecule has 0 aromatic rings. The van der Waals surface area contributed by atoms with E-state index in [-0.39, 0.29) is 24.4 Å². The van der Waals surface area contributed by atoms with Crippen molar-refractivity contribution in [3.05, 3.63) is 23.3 Å². The summed E-state index contributed by atoms with van der Waals surface area (Å²) in [6.07, 6.45) is 5.91. The van der Waals surface area contributed by atoms with Crippen LogP contribution in [-0.2, 0) is 14.3 Å². The van der Waals surface area contributed by atoms with Gasteiger partial charge in [0.05, 0.1) is 6.61 Å². The first-order chi connectivity index (χ1) is 7.77. The number of aliphatic hydroxyl groups excluding tert-OH is 1. The molecule has 0 fully saturated rings. The van der Waals surface area contributed by atoms with Crippen LogP contribution in [-0.4, -0.2) is 30.6 Å². The zero-order valence-corrected chi connectivity index (χ0v) is 8.89. The normalized spacial score (nSPS) is 29.4. The number of aldehydes is 1. The lowest BCUT2D eigenvalue weighted by molar-refractivity contribution is -0.136. The number of carbonyl (C=O) groups is 2. The third kappa shape index (κ3) is 1.80. The summed E-state index contributed by atoms with van der Waals surface area (Å²) in [6, 6.07) is 0. The van der Waals surface area contributed by atoms with Crippen molar-refractivity contribution >= 4 is 12.3 Å². The number of carbonyl (C=O) groups excluding carboxylic acids is 2. The summed E-state index contributed by atoms with van der Waals surface area (Å²) in [4.78, 5) is 22.3. The molecule has 4 nitrogen and oxygen atoms in total. The average Bonchev–Trinajstić information content (AvgIpc) is 2.74. The zero-order valence-electron chi connectivity index (χ0n) is 8.89. The fourth-order valence-corrected chi connectivity index (χ4v) is 2.43. The zero-order chi connectivity index (χ0) is 11.5. The summed E-state index contributed by atoms with van der Waals surface area (Å²) >= 11 is 0. The Morgan fingerprint density at radius 2 is 2.31 bits per heavy atom. The molecule has 86 valence electrons. The van der Waals surface area contributed by atoms with Gasteiger partial charge in [-0.1, -0.05) is 6.08 Å². The Morgan fingerprint density at radius 3 is 2.88 bits per heavy atom. The Hall–Kier alpha value is -1.42. The lowest BCUT2D eigenvalue weighted by Crippen LogP contribution is -2.28. The molecular weight excluding hydrogens is 208 g/mol. The Labute approximate surface area is 93.6 Å². The fourth-order valence-electron chi connectivity index (χ4n) is 2.43. The van der Waals surface area contributed by atoms with Gasteiger partial charge in [-0.05, 0) is 24.5 Å². The van der Waals surface area contributed by atoms with E-state index in [2.05, 4.69) is 0 Å². The van der Waals surface area contributed by atoms with Gasteiger partial charge in [-0.2, -0.15) is 0 Å². The van der Waals surface area contributed by atoms with E-state index in [0.29, 0.717) is 17.8 Å². The van der Waals surface area contributed by atoms with Gasteiger partial charge in [0.2, 0.25) is 0 Å². The minimum atomic E-state index is -0.310. The van der Waals surface area contributed by atoms with Crippen LogP contribution in [0.3, 0.4) is 0 Å². The van der Waals surface area contributed by atoms with Crippen molar-refractivity contribution in [2.24, 2.45) is 11.8 Å². The van der Waals surface area contributed by atoms with Gasteiger partial charge >= 0.3 is 5.97 Å². The Kier molecular flexibility index (Phi) is 3.19. The van der Waals surface area contributed by atoms with E-state index in [1.807, 2.05) is 6.08 Å². The molecule has 0 aromatic carbocycles. The van der Waals surface area contributed by atoms with E-state index in [1.165, 1.54) is 0 Å². The third-order valence-corrected chi connectivity index (χ3v) is 3.26. The highest BCUT2D eigenvalue weighted by molar-refractivity contribution is 5.91. The van der Waals surface area contributed by atoms with Crippen LogP contribution in [0.2, 0.25) is 0 Å². The van der Waals surface area contributed by atoms with Gasteiger partial charge in [0.15, 0.2) is 0 Å². The summed E-state index contributed by atoms with van der Waals surface area (Å²) < 4.78 is 4.86. The molecule has 2 aliphatic rings. The summed E-state index contributed by atoms with van der Waals surface area (Å²) in [5.41, 5.74) is 1.21. The Morgan fingerprint density at radius 1 is 1.50 bits per heavy atom. The number of allylic oxidation sites excluding steroid dienone is 1. The van der Waals surface area contributed by atoms with Crippen molar-refractivity contribution in [2.75, 3.05) is 13.2 Å². The quantitative estimate of drug-likeness (QED) is 0.561. The van der Waals surface area contributed by atoms with E-state index in [4.69, 9.17) is 4.74 Å². The number of hydrogen-bond acceptors (Lipinski definition) is 4. The molecule has 2 rings (SSSR count). The van der Waals surface area contributed by atoms with Crippen LogP contribution in [0.15, 0.2) is 23.3 Å². The minimum absolute atomic E-state index is 0.0785. The van der Waals surface area contributed by atoms with E-state index >= 15 is 0 Å². The Bertz CT molecular complexity index is 367. The molecule has 0 saturated heterocycles. The average molecular weight is 222 g/mol. The van der Waals surface area contributed by atoms with Gasteiger partial charge in [-0.3, -0.25) is 4.79 Å². The molecule has 0 unspecified atom stereocenters. The van der Waals surface area contributed by atoms with Crippen molar-refractivity contribution in [1.82, 2.24) is 0 Å². The molecule has 0 radical (unpaired) electrons. The fraction of sp³-hybridized carbons (Fsp3) is 0.500. The maximum absolute atomic E-state index is 11.5. The van der Waals surface area contributed by atoms with Gasteiger partial charge in [0, 0.05) is 17.4 Å². The number of esters is 1. The molecule has 1 aliphatic carbocycles. The molecule has 0 spiro atoms. The number of cyclic esters (lactones) is 1. The van der Waals surface area contributed by atoms with E-state index in [0.717, 1.165) is 19.1 Å². The molecule has 1 heterocycles. The monoisotopic (exact) mass is 222 g/mol. The van der Waals surface area contributed by atoms with Crippen molar-refractivity contribution in [2.45, 2.75) is 12.8 Å². The van der Waals surface area contributed by atoms with Gasteiger partial charge in [-0.25, -0.2) is 4.79 Å². The van der Waals surface area contributed by atoms with Crippen LogP contribution in [0.5, 0.6) is 0 Å². The molecule has 0 saturated carbocycles. The highest BCUT2D eigenvalue weighted by Crippen LogP contribution is 2.36. The van der Waals surface area contributed by atoms with E-state index < -0.39 is 0 Å². The summed E-state index contributed by atoms with van der Waals surface area (Å²) in [6.45, 7) is 0.197. The molecule has 0 amide bonds. The van der Waals surface area contributed by atoms with Crippen LogP contribution in [0.1, 0.15) is 12.8 Å². The van der Waals surface area contributed by atoms with Crippen LogP contribution in [0.4, 0.5) is 0 Å². The first kappa shape index (κ1) is 11.1. The summed E-state index contributed by atoms with van der Waals surface area (Å²) in [5.74, 6) is -0.649. The van der Waals surface area contributed by atoms with Gasteiger partial charge in [-0.15, -0.1) is 0 Å². The highest BCUT2D eigenvalue weighted by Gasteiger charge is 2.35. The number of rotatable bonds is 3. The molecule has 0 aromatic heterocycles. The lowest BCUT2D eigenvalue weighted by atomic mass is 9.75. The van der Waals surface area contributed by atoms with Crippen molar-refractivity contribution in [1.29, 1.82) is 0 Å². The second kappa shape index (κ2) is 4.61. The molecule has 2 atom stereocenters. The molecule has 4 heteroatoms. The van der Waals surface area contributed by atoms with E-state index in [9.17, 15) is 14.7 Å². The summed E-state index contributed by atoms with van der Waals surface area (Å²) in [5, 5.41) is 9.33. The van der Waals surface area contributed by atoms with Crippen molar-refractivity contribution < 1.29 is 19.4 Å². The largest absolute Gasteiger partial charge is 0.458 e. The third-order valence-electron chi connectivity index (χ3n) is 3.26. The van der Waals surface area contributed by atoms with Crippen LogP contribution >= 0.6 is 0 Å². The molecule has 1 aliphatic heterocycles. The molecular formula is C12H14O4. The van der Waals surface area contributed by atoms with Gasteiger partial charge in [0.25, 0.3) is 0 Å². The number of aliphatic hydroxyl groups is 1. The first-order valence-electron chi connectivity index (χ1n) is 5.41. The number of hydrogen-bond donors (Lipinski definition) is 1. The first-order valence-corrected chi connectivity index (χ1v) is 5.41. The second-order valence-electron chi connectivity index (χ2n) is 4.05. The lowest BCUT2D eigenvalue weighted by Gasteiger charge is -2.29. The topological polar surface area (TPSA) is 63.6 Å². The maximum Gasteiger partial charge on any atom is 0.334 e. The second-order valence-corrected chi connectivity index (χ2v) is 4.05. The van der Waals surface area contributed by atoms with Crippen LogP contribution in [0.25, 0.3) is 0 Å². The van der Waals surface area contributed by atoms with Crippen molar-refractivity contribution in [3.63, 3.8) is 0 Å². The predicted molar refractivity (Wildman–Crippen MR) is 56.5 cm³/mol. The van der Waals surface area contributed by atoms with Crippen molar-refractivity contribution in [3.8, 4) is 0 Å². The predicted octanol–water partition coefficient (Wildman–Crippen LogP) is 0.613. The smallest absolute Gasteiger partial charge is 0.334 e. The molecule has 1 N–H and O–H groups in total. The SMILES string of the molecule is O=CC1=CCC[C@H](C2=CCOC2=O)[C@@H]1CO. The van der Waals surface area contributed by atoms with Crippen LogP contribution < -0.4 is 0 Å². The molecule has 16 heavy (non-hydrogen) atoms.